The Kier molecular flexibility index (Phi) is 4.08. The maximum absolute atomic E-state index is 5.83. The van der Waals surface area contributed by atoms with Crippen LogP contribution in [0.25, 0.3) is 10.9 Å². The summed E-state index contributed by atoms with van der Waals surface area (Å²) in [6.07, 6.45) is 2.52. The zero-order chi connectivity index (χ0) is 16.5. The first-order valence-electron chi connectivity index (χ1n) is 8.44. The second-order valence-electron chi connectivity index (χ2n) is 6.53. The van der Waals surface area contributed by atoms with E-state index in [1.807, 2.05) is 18.3 Å². The van der Waals surface area contributed by atoms with Gasteiger partial charge in [0.25, 0.3) is 0 Å². The van der Waals surface area contributed by atoms with Crippen LogP contribution >= 0.6 is 0 Å². The van der Waals surface area contributed by atoms with E-state index >= 15 is 0 Å². The minimum absolute atomic E-state index is 0.110. The highest BCUT2D eigenvalue weighted by molar-refractivity contribution is 5.83. The summed E-state index contributed by atoms with van der Waals surface area (Å²) in [5.41, 5.74) is 2.28. The number of nitrogens with zero attached hydrogens (tertiary/aromatic N) is 3. The van der Waals surface area contributed by atoms with Gasteiger partial charge in [-0.25, -0.2) is 0 Å². The smallest absolute Gasteiger partial charge is 0.231 e. The number of hydrogen-bond donors (Lipinski definition) is 1. The molecule has 0 aliphatic carbocycles. The largest absolute Gasteiger partial charge is 0.367 e. The molecule has 1 aromatic carbocycles. The first-order chi connectivity index (χ1) is 11.7. The van der Waals surface area contributed by atoms with Crippen molar-refractivity contribution in [2.75, 3.05) is 19.7 Å². The Balaban J connectivity index is 1.50. The minimum atomic E-state index is -0.110. The van der Waals surface area contributed by atoms with Crippen LogP contribution in [0, 0.1) is 0 Å². The zero-order valence-corrected chi connectivity index (χ0v) is 14.0. The summed E-state index contributed by atoms with van der Waals surface area (Å²) in [7, 11) is 0. The second-order valence-corrected chi connectivity index (χ2v) is 6.53. The lowest BCUT2D eigenvalue weighted by atomic mass is 10.1. The van der Waals surface area contributed by atoms with Gasteiger partial charge in [0.05, 0.1) is 13.0 Å². The van der Waals surface area contributed by atoms with E-state index in [2.05, 4.69) is 46.0 Å². The third-order valence-electron chi connectivity index (χ3n) is 4.62. The fourth-order valence-electron chi connectivity index (χ4n) is 3.21. The Bertz CT molecular complexity index is 823. The SMILES string of the molecule is CC(C)N1CCOC(c2noc(Cc3c[nH]c4ccccc34)n2)C1. The Morgan fingerprint density at radius 3 is 3.08 bits per heavy atom. The van der Waals surface area contributed by atoms with Crippen molar-refractivity contribution in [2.24, 2.45) is 0 Å². The average Bonchev–Trinajstić information content (AvgIpc) is 3.23. The number of aromatic amines is 1. The van der Waals surface area contributed by atoms with Gasteiger partial charge in [0, 0.05) is 36.2 Å². The third kappa shape index (κ3) is 2.95. The number of morpholine rings is 1. The molecule has 1 unspecified atom stereocenters. The van der Waals surface area contributed by atoms with Crippen LogP contribution in [-0.4, -0.2) is 45.8 Å². The zero-order valence-electron chi connectivity index (χ0n) is 14.0. The maximum atomic E-state index is 5.83. The Labute approximate surface area is 140 Å². The molecule has 0 amide bonds. The summed E-state index contributed by atoms with van der Waals surface area (Å²) in [6, 6.07) is 8.72. The molecular formula is C18H22N4O2. The molecule has 1 saturated heterocycles. The molecule has 0 spiro atoms. The van der Waals surface area contributed by atoms with E-state index in [1.54, 1.807) is 0 Å². The molecule has 2 aromatic heterocycles. The summed E-state index contributed by atoms with van der Waals surface area (Å²) in [4.78, 5) is 10.2. The number of hydrogen-bond acceptors (Lipinski definition) is 5. The van der Waals surface area contributed by atoms with Gasteiger partial charge in [-0.15, -0.1) is 0 Å². The molecule has 0 saturated carbocycles. The number of fused-ring (bicyclic) bond motifs is 1. The third-order valence-corrected chi connectivity index (χ3v) is 4.62. The van der Waals surface area contributed by atoms with E-state index in [4.69, 9.17) is 9.26 Å². The minimum Gasteiger partial charge on any atom is -0.367 e. The summed E-state index contributed by atoms with van der Waals surface area (Å²) < 4.78 is 11.3. The lowest BCUT2D eigenvalue weighted by Crippen LogP contribution is -2.42. The van der Waals surface area contributed by atoms with Crippen molar-refractivity contribution in [3.05, 3.63) is 47.7 Å². The predicted octanol–water partition coefficient (Wildman–Crippen LogP) is 2.92. The molecule has 0 bridgehead atoms. The van der Waals surface area contributed by atoms with Crippen molar-refractivity contribution in [1.29, 1.82) is 0 Å². The molecular weight excluding hydrogens is 304 g/mol. The highest BCUT2D eigenvalue weighted by atomic mass is 16.5. The van der Waals surface area contributed by atoms with Crippen LogP contribution in [0.2, 0.25) is 0 Å². The van der Waals surface area contributed by atoms with E-state index in [0.29, 0.717) is 30.8 Å². The van der Waals surface area contributed by atoms with Gasteiger partial charge in [0.1, 0.15) is 6.10 Å². The van der Waals surface area contributed by atoms with Crippen molar-refractivity contribution >= 4 is 10.9 Å². The Morgan fingerprint density at radius 1 is 1.33 bits per heavy atom. The van der Waals surface area contributed by atoms with Crippen molar-refractivity contribution < 1.29 is 9.26 Å². The standard InChI is InChI=1S/C18H22N4O2/c1-12(2)22-7-8-23-16(11-22)18-20-17(24-21-18)9-13-10-19-15-6-4-3-5-14(13)15/h3-6,10,12,16,19H,7-9,11H2,1-2H3. The Morgan fingerprint density at radius 2 is 2.21 bits per heavy atom. The quantitative estimate of drug-likeness (QED) is 0.798. The lowest BCUT2D eigenvalue weighted by Gasteiger charge is -2.34. The van der Waals surface area contributed by atoms with Crippen molar-refractivity contribution in [3.63, 3.8) is 0 Å². The van der Waals surface area contributed by atoms with E-state index in [0.717, 1.165) is 24.2 Å². The van der Waals surface area contributed by atoms with Crippen molar-refractivity contribution in [3.8, 4) is 0 Å². The molecule has 6 heteroatoms. The van der Waals surface area contributed by atoms with Gasteiger partial charge < -0.3 is 14.2 Å². The topological polar surface area (TPSA) is 67.2 Å². The second kappa shape index (κ2) is 6.37. The number of benzene rings is 1. The normalized spacial score (nSPS) is 19.4. The van der Waals surface area contributed by atoms with E-state index in [9.17, 15) is 0 Å². The fourth-order valence-corrected chi connectivity index (χ4v) is 3.21. The van der Waals surface area contributed by atoms with Crippen LogP contribution in [0.3, 0.4) is 0 Å². The first-order valence-corrected chi connectivity index (χ1v) is 8.44. The first kappa shape index (κ1) is 15.4. The molecule has 1 aliphatic rings. The average molecular weight is 326 g/mol. The highest BCUT2D eigenvalue weighted by Gasteiger charge is 2.27. The van der Waals surface area contributed by atoms with Gasteiger partial charge in [0.15, 0.2) is 0 Å². The summed E-state index contributed by atoms with van der Waals surface area (Å²) >= 11 is 0. The van der Waals surface area contributed by atoms with Crippen molar-refractivity contribution in [2.45, 2.75) is 32.4 Å². The van der Waals surface area contributed by atoms with Crippen LogP contribution in [0.4, 0.5) is 0 Å². The van der Waals surface area contributed by atoms with E-state index in [-0.39, 0.29) is 6.10 Å². The molecule has 3 heterocycles. The van der Waals surface area contributed by atoms with E-state index < -0.39 is 0 Å². The molecule has 6 nitrogen and oxygen atoms in total. The monoisotopic (exact) mass is 326 g/mol. The van der Waals surface area contributed by atoms with Gasteiger partial charge in [-0.2, -0.15) is 4.98 Å². The number of rotatable bonds is 4. The molecule has 1 fully saturated rings. The molecule has 1 aliphatic heterocycles. The molecule has 0 radical (unpaired) electrons. The molecule has 24 heavy (non-hydrogen) atoms. The molecule has 4 rings (SSSR count). The van der Waals surface area contributed by atoms with Gasteiger partial charge in [-0.3, -0.25) is 4.90 Å². The number of H-pyrrole nitrogens is 1. The Hall–Kier alpha value is -2.18. The number of aromatic nitrogens is 3. The molecule has 1 N–H and O–H groups in total. The fraction of sp³-hybridized carbons (Fsp3) is 0.444. The predicted molar refractivity (Wildman–Crippen MR) is 90.8 cm³/mol. The molecule has 126 valence electrons. The van der Waals surface area contributed by atoms with Gasteiger partial charge in [0.2, 0.25) is 11.7 Å². The number of para-hydroxylation sites is 1. The van der Waals surface area contributed by atoms with Crippen LogP contribution in [0.1, 0.15) is 37.2 Å². The highest BCUT2D eigenvalue weighted by Crippen LogP contribution is 2.23. The van der Waals surface area contributed by atoms with Crippen LogP contribution in [0.5, 0.6) is 0 Å². The van der Waals surface area contributed by atoms with Crippen LogP contribution in [-0.2, 0) is 11.2 Å². The van der Waals surface area contributed by atoms with Crippen LogP contribution in [0.15, 0.2) is 35.0 Å². The summed E-state index contributed by atoms with van der Waals surface area (Å²) in [5.74, 6) is 1.27. The number of nitrogens with one attached hydrogen (secondary N) is 1. The van der Waals surface area contributed by atoms with Crippen LogP contribution < -0.4 is 0 Å². The van der Waals surface area contributed by atoms with Gasteiger partial charge in [-0.05, 0) is 25.5 Å². The number of ether oxygens (including phenoxy) is 1. The maximum Gasteiger partial charge on any atom is 0.231 e. The van der Waals surface area contributed by atoms with Gasteiger partial charge >= 0.3 is 0 Å². The summed E-state index contributed by atoms with van der Waals surface area (Å²) in [5, 5.41) is 5.34. The lowest BCUT2D eigenvalue weighted by molar-refractivity contribution is -0.0450. The van der Waals surface area contributed by atoms with Crippen molar-refractivity contribution in [1.82, 2.24) is 20.0 Å². The van der Waals surface area contributed by atoms with E-state index in [1.165, 1.54) is 5.39 Å². The van der Waals surface area contributed by atoms with Gasteiger partial charge in [-0.1, -0.05) is 23.4 Å². The molecule has 3 aromatic rings. The summed E-state index contributed by atoms with van der Waals surface area (Å²) in [6.45, 7) is 6.86. The molecule has 1 atom stereocenters.